The van der Waals surface area contributed by atoms with E-state index in [9.17, 15) is 18.0 Å². The zero-order chi connectivity index (χ0) is 20.4. The van der Waals surface area contributed by atoms with Gasteiger partial charge in [-0.05, 0) is 36.5 Å². The van der Waals surface area contributed by atoms with E-state index in [2.05, 4.69) is 10.2 Å². The Bertz CT molecular complexity index is 698. The van der Waals surface area contributed by atoms with E-state index in [-0.39, 0.29) is 23.8 Å². The number of ether oxygens (including phenoxy) is 2. The normalized spacial score (nSPS) is 28.9. The molecule has 0 spiro atoms. The largest absolute Gasteiger partial charge is 0.416 e. The molecule has 8 heteroatoms. The first-order chi connectivity index (χ1) is 13.9. The second kappa shape index (κ2) is 8.62. The third kappa shape index (κ3) is 4.92. The molecule has 0 bridgehead atoms. The van der Waals surface area contributed by atoms with E-state index in [1.165, 1.54) is 12.1 Å². The Kier molecular flexibility index (Phi) is 6.13. The van der Waals surface area contributed by atoms with Crippen molar-refractivity contribution in [2.75, 3.05) is 46.1 Å². The van der Waals surface area contributed by atoms with Crippen molar-refractivity contribution in [1.82, 2.24) is 10.2 Å². The van der Waals surface area contributed by atoms with Gasteiger partial charge in [0.05, 0.1) is 25.4 Å². The van der Waals surface area contributed by atoms with E-state index in [0.717, 1.165) is 50.4 Å². The van der Waals surface area contributed by atoms with Crippen molar-refractivity contribution in [2.45, 2.75) is 31.0 Å². The van der Waals surface area contributed by atoms with Crippen molar-refractivity contribution in [3.05, 3.63) is 35.4 Å². The standard InChI is InChI=1S/C21H27F3N2O3/c22-21(23,24)16-3-1-14(2-4-16)17-11-18(17)20(27)25-12-19(15-5-8-29-13-15)26-6-9-28-10-7-26/h1-4,15,17-19H,5-13H2,(H,25,27). The molecule has 4 rings (SSSR count). The number of morpholine rings is 1. The van der Waals surface area contributed by atoms with Crippen LogP contribution in [0.2, 0.25) is 0 Å². The molecular weight excluding hydrogens is 385 g/mol. The molecule has 1 aliphatic carbocycles. The minimum Gasteiger partial charge on any atom is -0.381 e. The first kappa shape index (κ1) is 20.6. The fourth-order valence-corrected chi connectivity index (χ4v) is 4.47. The number of hydrogen-bond donors (Lipinski definition) is 1. The lowest BCUT2D eigenvalue weighted by Gasteiger charge is -2.37. The van der Waals surface area contributed by atoms with Crippen LogP contribution in [0.3, 0.4) is 0 Å². The highest BCUT2D eigenvalue weighted by Crippen LogP contribution is 2.48. The van der Waals surface area contributed by atoms with E-state index >= 15 is 0 Å². The van der Waals surface area contributed by atoms with Gasteiger partial charge in [0, 0.05) is 44.1 Å². The molecular formula is C21H27F3N2O3. The third-order valence-electron chi connectivity index (χ3n) is 6.30. The van der Waals surface area contributed by atoms with Gasteiger partial charge in [-0.2, -0.15) is 13.2 Å². The molecule has 3 aliphatic rings. The van der Waals surface area contributed by atoms with Crippen molar-refractivity contribution < 1.29 is 27.4 Å². The van der Waals surface area contributed by atoms with Crippen molar-refractivity contribution in [2.24, 2.45) is 11.8 Å². The van der Waals surface area contributed by atoms with Crippen LogP contribution in [-0.4, -0.2) is 62.9 Å². The Labute approximate surface area is 168 Å². The molecule has 4 atom stereocenters. The maximum Gasteiger partial charge on any atom is 0.416 e. The van der Waals surface area contributed by atoms with E-state index in [1.54, 1.807) is 0 Å². The molecule has 2 saturated heterocycles. The Hall–Kier alpha value is -1.64. The fourth-order valence-electron chi connectivity index (χ4n) is 4.47. The molecule has 0 radical (unpaired) electrons. The monoisotopic (exact) mass is 412 g/mol. The summed E-state index contributed by atoms with van der Waals surface area (Å²) in [5.41, 5.74) is 0.141. The van der Waals surface area contributed by atoms with E-state index < -0.39 is 11.7 Å². The summed E-state index contributed by atoms with van der Waals surface area (Å²) in [6, 6.07) is 5.41. The van der Waals surface area contributed by atoms with Crippen LogP contribution >= 0.6 is 0 Å². The first-order valence-electron chi connectivity index (χ1n) is 10.3. The summed E-state index contributed by atoms with van der Waals surface area (Å²) in [5, 5.41) is 3.10. The average Bonchev–Trinajstić information content (AvgIpc) is 3.35. The number of amides is 1. The predicted molar refractivity (Wildman–Crippen MR) is 100 cm³/mol. The highest BCUT2D eigenvalue weighted by Gasteiger charge is 2.44. The number of nitrogens with zero attached hydrogens (tertiary/aromatic N) is 1. The molecule has 160 valence electrons. The van der Waals surface area contributed by atoms with Crippen LogP contribution in [-0.2, 0) is 20.4 Å². The number of carbonyl (C=O) groups is 1. The minimum atomic E-state index is -4.34. The second-order valence-corrected chi connectivity index (χ2v) is 8.15. The van der Waals surface area contributed by atoms with Gasteiger partial charge in [-0.1, -0.05) is 12.1 Å². The van der Waals surface area contributed by atoms with Crippen molar-refractivity contribution in [3.63, 3.8) is 0 Å². The molecule has 2 aliphatic heterocycles. The molecule has 29 heavy (non-hydrogen) atoms. The fraction of sp³-hybridized carbons (Fsp3) is 0.667. The summed E-state index contributed by atoms with van der Waals surface area (Å²) in [5.74, 6) is 0.247. The molecule has 1 N–H and O–H groups in total. The van der Waals surface area contributed by atoms with Crippen molar-refractivity contribution >= 4 is 5.91 Å². The average molecular weight is 412 g/mol. The van der Waals surface area contributed by atoms with Crippen LogP contribution in [0, 0.1) is 11.8 Å². The van der Waals surface area contributed by atoms with Gasteiger partial charge in [-0.25, -0.2) is 0 Å². The summed E-state index contributed by atoms with van der Waals surface area (Å²) in [7, 11) is 0. The maximum atomic E-state index is 12.7. The van der Waals surface area contributed by atoms with Crippen LogP contribution < -0.4 is 5.32 Å². The topological polar surface area (TPSA) is 50.8 Å². The van der Waals surface area contributed by atoms with Gasteiger partial charge >= 0.3 is 6.18 Å². The van der Waals surface area contributed by atoms with Crippen LogP contribution in [0.5, 0.6) is 0 Å². The zero-order valence-corrected chi connectivity index (χ0v) is 16.3. The molecule has 0 aromatic heterocycles. The first-order valence-corrected chi connectivity index (χ1v) is 10.3. The number of rotatable bonds is 6. The Balaban J connectivity index is 1.32. The van der Waals surface area contributed by atoms with Crippen LogP contribution in [0.1, 0.15) is 29.9 Å². The second-order valence-electron chi connectivity index (χ2n) is 8.15. The van der Waals surface area contributed by atoms with Gasteiger partial charge < -0.3 is 14.8 Å². The molecule has 4 unspecified atom stereocenters. The van der Waals surface area contributed by atoms with Crippen molar-refractivity contribution in [1.29, 1.82) is 0 Å². The minimum absolute atomic E-state index is 0.00734. The molecule has 1 amide bonds. The lowest BCUT2D eigenvalue weighted by Crippen LogP contribution is -2.52. The quantitative estimate of drug-likeness (QED) is 0.781. The molecule has 1 aromatic carbocycles. The molecule has 3 fully saturated rings. The van der Waals surface area contributed by atoms with E-state index in [0.29, 0.717) is 32.1 Å². The molecule has 1 aromatic rings. The zero-order valence-electron chi connectivity index (χ0n) is 16.3. The number of hydrogen-bond acceptors (Lipinski definition) is 4. The molecule has 5 nitrogen and oxygen atoms in total. The van der Waals surface area contributed by atoms with Gasteiger partial charge in [0.25, 0.3) is 0 Å². The summed E-state index contributed by atoms with van der Waals surface area (Å²) < 4.78 is 49.1. The Morgan fingerprint density at radius 3 is 2.48 bits per heavy atom. The van der Waals surface area contributed by atoms with Crippen LogP contribution in [0.4, 0.5) is 13.2 Å². The van der Waals surface area contributed by atoms with E-state index in [4.69, 9.17) is 9.47 Å². The number of halogens is 3. The third-order valence-corrected chi connectivity index (χ3v) is 6.30. The Morgan fingerprint density at radius 1 is 1.14 bits per heavy atom. The Morgan fingerprint density at radius 2 is 1.86 bits per heavy atom. The smallest absolute Gasteiger partial charge is 0.381 e. The number of nitrogens with one attached hydrogen (secondary N) is 1. The lowest BCUT2D eigenvalue weighted by molar-refractivity contribution is -0.137. The van der Waals surface area contributed by atoms with Crippen LogP contribution in [0.15, 0.2) is 24.3 Å². The SMILES string of the molecule is O=C(NCC(C1CCOC1)N1CCOCC1)C1CC1c1ccc(C(F)(F)F)cc1. The van der Waals surface area contributed by atoms with Gasteiger partial charge in [-0.15, -0.1) is 0 Å². The number of benzene rings is 1. The van der Waals surface area contributed by atoms with Crippen LogP contribution in [0.25, 0.3) is 0 Å². The van der Waals surface area contributed by atoms with Crippen molar-refractivity contribution in [3.8, 4) is 0 Å². The van der Waals surface area contributed by atoms with Gasteiger partial charge in [0.1, 0.15) is 0 Å². The number of carbonyl (C=O) groups excluding carboxylic acids is 1. The predicted octanol–water partition coefficient (Wildman–Crippen LogP) is 2.66. The lowest BCUT2D eigenvalue weighted by atomic mass is 9.96. The molecule has 2 heterocycles. The highest BCUT2D eigenvalue weighted by molar-refractivity contribution is 5.82. The molecule has 1 saturated carbocycles. The highest BCUT2D eigenvalue weighted by atomic mass is 19.4. The van der Waals surface area contributed by atoms with Gasteiger partial charge in [0.15, 0.2) is 0 Å². The number of alkyl halides is 3. The summed E-state index contributed by atoms with van der Waals surface area (Å²) >= 11 is 0. The summed E-state index contributed by atoms with van der Waals surface area (Å²) in [6.07, 6.45) is -2.65. The maximum absolute atomic E-state index is 12.7. The van der Waals surface area contributed by atoms with Gasteiger partial charge in [0.2, 0.25) is 5.91 Å². The summed E-state index contributed by atoms with van der Waals surface area (Å²) in [4.78, 5) is 15.0. The summed E-state index contributed by atoms with van der Waals surface area (Å²) in [6.45, 7) is 5.17. The van der Waals surface area contributed by atoms with Gasteiger partial charge in [-0.3, -0.25) is 9.69 Å². The van der Waals surface area contributed by atoms with E-state index in [1.807, 2.05) is 0 Å².